The van der Waals surface area contributed by atoms with Crippen LogP contribution in [0.15, 0.2) is 59.6 Å². The van der Waals surface area contributed by atoms with E-state index in [0.717, 1.165) is 24.1 Å². The molecule has 6 heteroatoms. The smallest absolute Gasteiger partial charge is 0.251 e. The first-order valence-electron chi connectivity index (χ1n) is 9.38. The maximum absolute atomic E-state index is 12.3. The van der Waals surface area contributed by atoms with Gasteiger partial charge < -0.3 is 21.4 Å². The summed E-state index contributed by atoms with van der Waals surface area (Å²) in [5, 5.41) is 10.6. The molecule has 28 heavy (non-hydrogen) atoms. The van der Waals surface area contributed by atoms with Crippen molar-refractivity contribution in [3.05, 3.63) is 71.3 Å². The number of amidine groups is 1. The van der Waals surface area contributed by atoms with Crippen LogP contribution in [0.1, 0.15) is 33.8 Å². The maximum atomic E-state index is 12.3. The van der Waals surface area contributed by atoms with Crippen LogP contribution in [0.5, 0.6) is 0 Å². The van der Waals surface area contributed by atoms with Crippen molar-refractivity contribution in [2.24, 2.45) is 10.7 Å². The molecule has 1 atom stereocenters. The van der Waals surface area contributed by atoms with E-state index in [0.29, 0.717) is 24.5 Å². The van der Waals surface area contributed by atoms with Crippen LogP contribution in [0.25, 0.3) is 0 Å². The van der Waals surface area contributed by atoms with Gasteiger partial charge in [-0.1, -0.05) is 42.5 Å². The molecule has 2 aromatic carbocycles. The van der Waals surface area contributed by atoms with E-state index < -0.39 is 0 Å². The summed E-state index contributed by atoms with van der Waals surface area (Å²) < 4.78 is 0. The summed E-state index contributed by atoms with van der Waals surface area (Å²) in [4.78, 5) is 18.8. The highest BCUT2D eigenvalue weighted by Gasteiger charge is 2.14. The summed E-state index contributed by atoms with van der Waals surface area (Å²) in [6.07, 6.45) is 2.20. The van der Waals surface area contributed by atoms with Crippen molar-refractivity contribution in [2.75, 3.05) is 27.2 Å². The average molecular weight is 380 g/mol. The number of aliphatic imine (C=N–C) groups is 1. The molecule has 6 nitrogen and oxygen atoms in total. The van der Waals surface area contributed by atoms with Crippen LogP contribution in [-0.4, -0.2) is 50.0 Å². The van der Waals surface area contributed by atoms with E-state index >= 15 is 0 Å². The molecule has 0 saturated carbocycles. The number of benzene rings is 2. The fourth-order valence-electron chi connectivity index (χ4n) is 2.77. The zero-order valence-electron chi connectivity index (χ0n) is 16.6. The van der Waals surface area contributed by atoms with Crippen molar-refractivity contribution in [3.63, 3.8) is 0 Å². The Morgan fingerprint density at radius 2 is 1.86 bits per heavy atom. The second-order valence-electron chi connectivity index (χ2n) is 6.90. The minimum Gasteiger partial charge on any atom is -0.387 e. The monoisotopic (exact) mass is 379 g/mol. The molecular formula is C22H29N5O. The standard InChI is InChI=1S/C22H29N5O/c1-27(2)14-6-13-25-21(24)20(15-23)18-9-11-19(12-10-18)22(28)26-16-17-7-4-3-5-8-17/h3-5,7-12,15,20,23H,6,13-14,16H2,1-2H3,(H2,24,25)(H,26,28). The van der Waals surface area contributed by atoms with Gasteiger partial charge in [0.2, 0.25) is 0 Å². The molecule has 0 spiro atoms. The van der Waals surface area contributed by atoms with Crippen molar-refractivity contribution in [2.45, 2.75) is 18.9 Å². The predicted molar refractivity (Wildman–Crippen MR) is 115 cm³/mol. The highest BCUT2D eigenvalue weighted by atomic mass is 16.1. The average Bonchev–Trinajstić information content (AvgIpc) is 2.71. The minimum absolute atomic E-state index is 0.132. The van der Waals surface area contributed by atoms with Crippen molar-refractivity contribution in [1.29, 1.82) is 5.41 Å². The topological polar surface area (TPSA) is 94.6 Å². The summed E-state index contributed by atoms with van der Waals surface area (Å²) in [6, 6.07) is 16.9. The molecule has 0 aliphatic rings. The number of nitrogens with two attached hydrogens (primary N) is 1. The number of carbonyl (C=O) groups is 1. The second-order valence-corrected chi connectivity index (χ2v) is 6.90. The van der Waals surface area contributed by atoms with Gasteiger partial charge in [-0.15, -0.1) is 0 Å². The fraction of sp³-hybridized carbons (Fsp3) is 0.318. The Kier molecular flexibility index (Phi) is 8.37. The third-order valence-electron chi connectivity index (χ3n) is 4.37. The zero-order valence-corrected chi connectivity index (χ0v) is 16.6. The van der Waals surface area contributed by atoms with Crippen molar-refractivity contribution >= 4 is 18.0 Å². The van der Waals surface area contributed by atoms with Gasteiger partial charge in [-0.2, -0.15) is 0 Å². The van der Waals surface area contributed by atoms with Crippen molar-refractivity contribution < 1.29 is 4.79 Å². The van der Waals surface area contributed by atoms with Gasteiger partial charge in [0, 0.05) is 24.9 Å². The summed E-state index contributed by atoms with van der Waals surface area (Å²) >= 11 is 0. The number of hydrogen-bond donors (Lipinski definition) is 3. The molecule has 2 rings (SSSR count). The first kappa shape index (κ1) is 21.3. The summed E-state index contributed by atoms with van der Waals surface area (Å²) in [5.74, 6) is -0.0806. The molecule has 0 fully saturated rings. The fourth-order valence-corrected chi connectivity index (χ4v) is 2.77. The first-order chi connectivity index (χ1) is 13.5. The number of nitrogens with one attached hydrogen (secondary N) is 2. The van der Waals surface area contributed by atoms with Gasteiger partial charge in [0.15, 0.2) is 0 Å². The van der Waals surface area contributed by atoms with E-state index in [4.69, 9.17) is 11.1 Å². The second kappa shape index (κ2) is 11.0. The molecule has 0 aromatic heterocycles. The number of carbonyl (C=O) groups excluding carboxylic acids is 1. The largest absolute Gasteiger partial charge is 0.387 e. The Hall–Kier alpha value is -2.99. The quantitative estimate of drug-likeness (QED) is 0.336. The summed E-state index contributed by atoms with van der Waals surface area (Å²) in [6.45, 7) is 2.06. The van der Waals surface area contributed by atoms with E-state index in [-0.39, 0.29) is 11.8 Å². The number of amides is 1. The van der Waals surface area contributed by atoms with E-state index in [2.05, 4.69) is 15.2 Å². The van der Waals surface area contributed by atoms with Gasteiger partial charge >= 0.3 is 0 Å². The van der Waals surface area contributed by atoms with Crippen LogP contribution in [0.3, 0.4) is 0 Å². The molecular weight excluding hydrogens is 350 g/mol. The van der Waals surface area contributed by atoms with Crippen LogP contribution < -0.4 is 11.1 Å². The van der Waals surface area contributed by atoms with Crippen LogP contribution in [0.4, 0.5) is 0 Å². The highest BCUT2D eigenvalue weighted by molar-refractivity contribution is 6.01. The Morgan fingerprint density at radius 3 is 2.46 bits per heavy atom. The Bertz CT molecular complexity index is 784. The number of nitrogens with zero attached hydrogens (tertiary/aromatic N) is 2. The first-order valence-corrected chi connectivity index (χ1v) is 9.38. The molecule has 1 amide bonds. The van der Waals surface area contributed by atoms with E-state index in [1.165, 1.54) is 6.21 Å². The van der Waals surface area contributed by atoms with Crippen LogP contribution in [0, 0.1) is 5.41 Å². The Morgan fingerprint density at radius 1 is 1.18 bits per heavy atom. The minimum atomic E-state index is -0.374. The lowest BCUT2D eigenvalue weighted by Crippen LogP contribution is -2.25. The summed E-state index contributed by atoms with van der Waals surface area (Å²) in [7, 11) is 4.04. The summed E-state index contributed by atoms with van der Waals surface area (Å²) in [5.41, 5.74) is 8.57. The molecule has 0 bridgehead atoms. The SMILES string of the molecule is CN(C)CCCN=C(N)C(C=N)c1ccc(C(=O)NCc2ccccc2)cc1. The van der Waals surface area contributed by atoms with Gasteiger partial charge in [0.05, 0.1) is 5.92 Å². The highest BCUT2D eigenvalue weighted by Crippen LogP contribution is 2.15. The van der Waals surface area contributed by atoms with Gasteiger partial charge in [0.1, 0.15) is 5.84 Å². The molecule has 2 aromatic rings. The van der Waals surface area contributed by atoms with Crippen LogP contribution in [0.2, 0.25) is 0 Å². The molecule has 0 aliphatic heterocycles. The van der Waals surface area contributed by atoms with Crippen molar-refractivity contribution in [1.82, 2.24) is 10.2 Å². The molecule has 0 saturated heterocycles. The molecule has 0 aliphatic carbocycles. The van der Waals surface area contributed by atoms with E-state index in [9.17, 15) is 4.79 Å². The van der Waals surface area contributed by atoms with Gasteiger partial charge in [-0.3, -0.25) is 9.79 Å². The normalized spacial score (nSPS) is 12.6. The van der Waals surface area contributed by atoms with Crippen LogP contribution in [-0.2, 0) is 6.54 Å². The molecule has 4 N–H and O–H groups in total. The van der Waals surface area contributed by atoms with Gasteiger partial charge in [-0.05, 0) is 50.3 Å². The zero-order chi connectivity index (χ0) is 20.4. The van der Waals surface area contributed by atoms with E-state index in [1.54, 1.807) is 12.1 Å². The Balaban J connectivity index is 1.96. The lowest BCUT2D eigenvalue weighted by atomic mass is 9.98. The lowest BCUT2D eigenvalue weighted by molar-refractivity contribution is 0.0951. The third kappa shape index (κ3) is 6.63. The Labute approximate surface area is 167 Å². The van der Waals surface area contributed by atoms with E-state index in [1.807, 2.05) is 56.6 Å². The predicted octanol–water partition coefficient (Wildman–Crippen LogP) is 2.66. The lowest BCUT2D eigenvalue weighted by Gasteiger charge is -2.13. The van der Waals surface area contributed by atoms with Crippen molar-refractivity contribution in [3.8, 4) is 0 Å². The molecule has 148 valence electrons. The van der Waals surface area contributed by atoms with Gasteiger partial charge in [0.25, 0.3) is 5.91 Å². The number of hydrogen-bond acceptors (Lipinski definition) is 4. The third-order valence-corrected chi connectivity index (χ3v) is 4.37. The molecule has 0 heterocycles. The number of rotatable bonds is 10. The van der Waals surface area contributed by atoms with Crippen LogP contribution >= 0.6 is 0 Å². The maximum Gasteiger partial charge on any atom is 0.251 e. The molecule has 1 unspecified atom stereocenters. The van der Waals surface area contributed by atoms with Gasteiger partial charge in [-0.25, -0.2) is 0 Å². The molecule has 0 radical (unpaired) electrons.